The molecule has 26 heavy (non-hydrogen) atoms. The van der Waals surface area contributed by atoms with Gasteiger partial charge in [-0.15, -0.1) is 0 Å². The molecular formula is C19H21N7. The lowest BCUT2D eigenvalue weighted by molar-refractivity contribution is 0.820. The van der Waals surface area contributed by atoms with E-state index in [0.29, 0.717) is 0 Å². The molecule has 0 radical (unpaired) electrons. The number of nitrogens with one attached hydrogen (secondary N) is 1. The fourth-order valence-corrected chi connectivity index (χ4v) is 3.01. The zero-order valence-electron chi connectivity index (χ0n) is 14.9. The van der Waals surface area contributed by atoms with Crippen LogP contribution in [0.2, 0.25) is 0 Å². The van der Waals surface area contributed by atoms with Gasteiger partial charge < -0.3 is 5.32 Å². The van der Waals surface area contributed by atoms with Gasteiger partial charge in [0.2, 0.25) is 0 Å². The molecule has 1 atom stereocenters. The van der Waals surface area contributed by atoms with Crippen molar-refractivity contribution < 1.29 is 0 Å². The van der Waals surface area contributed by atoms with Gasteiger partial charge in [0.1, 0.15) is 18.5 Å². The molecule has 1 aromatic carbocycles. The first-order valence-corrected chi connectivity index (χ1v) is 8.80. The zero-order chi connectivity index (χ0) is 17.9. The molecule has 0 saturated heterocycles. The predicted octanol–water partition coefficient (Wildman–Crippen LogP) is 3.44. The first kappa shape index (κ1) is 16.3. The van der Waals surface area contributed by atoms with Gasteiger partial charge in [0.15, 0.2) is 5.65 Å². The average molecular weight is 347 g/mol. The Labute approximate surface area is 151 Å². The summed E-state index contributed by atoms with van der Waals surface area (Å²) in [4.78, 5) is 8.63. The summed E-state index contributed by atoms with van der Waals surface area (Å²) in [6.45, 7) is 4.30. The van der Waals surface area contributed by atoms with Crippen LogP contribution in [-0.2, 0) is 6.42 Å². The fourth-order valence-electron chi connectivity index (χ4n) is 3.01. The first-order valence-electron chi connectivity index (χ1n) is 8.80. The summed E-state index contributed by atoms with van der Waals surface area (Å²) < 4.78 is 3.59. The Hall–Kier alpha value is -3.22. The molecule has 0 bridgehead atoms. The smallest absolute Gasteiger partial charge is 0.157 e. The molecule has 0 amide bonds. The monoisotopic (exact) mass is 347 g/mol. The number of hydrogen-bond donors (Lipinski definition) is 1. The molecule has 0 aliphatic heterocycles. The van der Waals surface area contributed by atoms with Gasteiger partial charge in [-0.3, -0.25) is 0 Å². The Morgan fingerprint density at radius 2 is 1.96 bits per heavy atom. The first-order chi connectivity index (χ1) is 12.7. The van der Waals surface area contributed by atoms with Crippen molar-refractivity contribution in [3.63, 3.8) is 0 Å². The summed E-state index contributed by atoms with van der Waals surface area (Å²) >= 11 is 0. The van der Waals surface area contributed by atoms with Crippen molar-refractivity contribution in [2.45, 2.75) is 32.7 Å². The van der Waals surface area contributed by atoms with E-state index in [1.165, 1.54) is 11.9 Å². The van der Waals surface area contributed by atoms with Crippen molar-refractivity contribution >= 4 is 11.5 Å². The molecule has 1 N–H and O–H groups in total. The van der Waals surface area contributed by atoms with Gasteiger partial charge in [-0.1, -0.05) is 25.5 Å². The third kappa shape index (κ3) is 3.15. The van der Waals surface area contributed by atoms with Crippen molar-refractivity contribution in [2.75, 3.05) is 5.32 Å². The number of benzene rings is 1. The number of rotatable bonds is 6. The van der Waals surface area contributed by atoms with Gasteiger partial charge in [0, 0.05) is 23.9 Å². The lowest BCUT2D eigenvalue weighted by Crippen LogP contribution is -2.12. The van der Waals surface area contributed by atoms with Crippen molar-refractivity contribution in [1.29, 1.82) is 0 Å². The molecule has 7 nitrogen and oxygen atoms in total. The quantitative estimate of drug-likeness (QED) is 0.578. The van der Waals surface area contributed by atoms with E-state index >= 15 is 0 Å². The molecule has 7 heteroatoms. The second-order valence-corrected chi connectivity index (χ2v) is 6.28. The molecule has 3 heterocycles. The van der Waals surface area contributed by atoms with Gasteiger partial charge in [-0.25, -0.2) is 14.6 Å². The van der Waals surface area contributed by atoms with Gasteiger partial charge in [-0.2, -0.15) is 14.7 Å². The Morgan fingerprint density at radius 3 is 2.69 bits per heavy atom. The predicted molar refractivity (Wildman–Crippen MR) is 100 cm³/mol. The maximum absolute atomic E-state index is 4.65. The van der Waals surface area contributed by atoms with Crippen LogP contribution in [0.3, 0.4) is 0 Å². The van der Waals surface area contributed by atoms with E-state index in [1.54, 1.807) is 17.2 Å². The van der Waals surface area contributed by atoms with Crippen LogP contribution in [0.4, 0.5) is 5.82 Å². The second-order valence-electron chi connectivity index (χ2n) is 6.28. The number of aromatic nitrogens is 6. The molecule has 4 aromatic rings. The Morgan fingerprint density at radius 1 is 1.12 bits per heavy atom. The van der Waals surface area contributed by atoms with Crippen LogP contribution in [0.25, 0.3) is 11.3 Å². The van der Waals surface area contributed by atoms with Crippen molar-refractivity contribution in [3.05, 3.63) is 66.5 Å². The topological polar surface area (TPSA) is 72.9 Å². The van der Waals surface area contributed by atoms with E-state index in [1.807, 2.05) is 22.7 Å². The van der Waals surface area contributed by atoms with E-state index in [9.17, 15) is 0 Å². The SMILES string of the molecule is CCCc1cc(N[C@H](C)c2ccc(-n3cncn3)cc2)n2nccc2n1. The summed E-state index contributed by atoms with van der Waals surface area (Å²) in [5, 5.41) is 12.1. The minimum absolute atomic E-state index is 0.129. The largest absolute Gasteiger partial charge is 0.363 e. The molecule has 132 valence electrons. The third-order valence-electron chi connectivity index (χ3n) is 4.36. The van der Waals surface area contributed by atoms with E-state index < -0.39 is 0 Å². The summed E-state index contributed by atoms with van der Waals surface area (Å²) in [5.41, 5.74) is 4.12. The van der Waals surface area contributed by atoms with Crippen LogP contribution in [0, 0.1) is 0 Å². The zero-order valence-corrected chi connectivity index (χ0v) is 14.9. The number of nitrogens with zero attached hydrogens (tertiary/aromatic N) is 6. The van der Waals surface area contributed by atoms with Crippen LogP contribution < -0.4 is 5.32 Å². The van der Waals surface area contributed by atoms with E-state index in [4.69, 9.17) is 0 Å². The molecule has 0 aliphatic rings. The average Bonchev–Trinajstić information content (AvgIpc) is 3.34. The summed E-state index contributed by atoms with van der Waals surface area (Å²) in [5.74, 6) is 0.955. The number of aryl methyl sites for hydroxylation is 1. The Kier molecular flexibility index (Phi) is 4.35. The van der Waals surface area contributed by atoms with Gasteiger partial charge in [0.05, 0.1) is 11.9 Å². The van der Waals surface area contributed by atoms with Gasteiger partial charge in [0.25, 0.3) is 0 Å². The standard InChI is InChI=1S/C19H21N7/c1-3-4-16-11-19(26-18(24-16)9-10-21-26)23-14(2)15-5-7-17(8-6-15)25-13-20-12-22-25/h5-14,23H,3-4H2,1-2H3/t14-/m1/s1. The highest BCUT2D eigenvalue weighted by atomic mass is 15.3. The third-order valence-corrected chi connectivity index (χ3v) is 4.36. The molecule has 0 unspecified atom stereocenters. The highest BCUT2D eigenvalue weighted by molar-refractivity contribution is 5.50. The highest BCUT2D eigenvalue weighted by Crippen LogP contribution is 2.22. The molecule has 4 rings (SSSR count). The van der Waals surface area contributed by atoms with Crippen LogP contribution >= 0.6 is 0 Å². The molecule has 3 aromatic heterocycles. The minimum Gasteiger partial charge on any atom is -0.363 e. The Bertz CT molecular complexity index is 987. The Balaban J connectivity index is 1.58. The number of fused-ring (bicyclic) bond motifs is 1. The van der Waals surface area contributed by atoms with Crippen molar-refractivity contribution in [2.24, 2.45) is 0 Å². The summed E-state index contributed by atoms with van der Waals surface area (Å²) in [7, 11) is 0. The number of anilines is 1. The van der Waals surface area contributed by atoms with Crippen LogP contribution in [0.15, 0.2) is 55.2 Å². The fraction of sp³-hybridized carbons (Fsp3) is 0.263. The number of hydrogen-bond acceptors (Lipinski definition) is 5. The van der Waals surface area contributed by atoms with Gasteiger partial charge in [-0.05, 0) is 31.0 Å². The lowest BCUT2D eigenvalue weighted by atomic mass is 10.1. The maximum atomic E-state index is 4.65. The molecule has 0 aliphatic carbocycles. The maximum Gasteiger partial charge on any atom is 0.157 e. The van der Waals surface area contributed by atoms with E-state index in [-0.39, 0.29) is 6.04 Å². The van der Waals surface area contributed by atoms with Crippen molar-refractivity contribution in [1.82, 2.24) is 29.4 Å². The van der Waals surface area contributed by atoms with Crippen LogP contribution in [0.1, 0.15) is 37.6 Å². The minimum atomic E-state index is 0.129. The lowest BCUT2D eigenvalue weighted by Gasteiger charge is -2.17. The summed E-state index contributed by atoms with van der Waals surface area (Å²) in [6.07, 6.45) is 7.02. The van der Waals surface area contributed by atoms with Crippen molar-refractivity contribution in [3.8, 4) is 5.69 Å². The molecule has 0 spiro atoms. The summed E-state index contributed by atoms with van der Waals surface area (Å²) in [6, 6.07) is 12.4. The van der Waals surface area contributed by atoms with Crippen LogP contribution in [0.5, 0.6) is 0 Å². The molecule has 0 saturated carbocycles. The highest BCUT2D eigenvalue weighted by Gasteiger charge is 2.11. The van der Waals surface area contributed by atoms with Crippen LogP contribution in [-0.4, -0.2) is 29.4 Å². The van der Waals surface area contributed by atoms with E-state index in [2.05, 4.69) is 57.5 Å². The van der Waals surface area contributed by atoms with Gasteiger partial charge >= 0.3 is 0 Å². The van der Waals surface area contributed by atoms with E-state index in [0.717, 1.165) is 35.7 Å². The molecule has 0 fully saturated rings. The normalized spacial score (nSPS) is 12.4. The molecular weight excluding hydrogens is 326 g/mol. The second kappa shape index (κ2) is 6.95.